The van der Waals surface area contributed by atoms with Crippen LogP contribution in [0.3, 0.4) is 0 Å². The molecular formula is C22H27N3O2. The van der Waals surface area contributed by atoms with Crippen molar-refractivity contribution in [3.05, 3.63) is 36.7 Å². The van der Waals surface area contributed by atoms with Gasteiger partial charge in [0, 0.05) is 41.3 Å². The lowest BCUT2D eigenvalue weighted by Crippen LogP contribution is -2.45. The molecule has 1 aliphatic carbocycles. The Bertz CT molecular complexity index is 826. The van der Waals surface area contributed by atoms with Crippen LogP contribution >= 0.6 is 0 Å². The summed E-state index contributed by atoms with van der Waals surface area (Å²) in [5.41, 5.74) is 0. The first-order valence-corrected chi connectivity index (χ1v) is 10.3. The first-order chi connectivity index (χ1) is 13.3. The van der Waals surface area contributed by atoms with Crippen LogP contribution < -0.4 is 15.4 Å². The molecule has 2 aliphatic heterocycles. The largest absolute Gasteiger partial charge is 0.490 e. The minimum atomic E-state index is 0.182. The lowest BCUT2D eigenvalue weighted by atomic mass is 9.87. The van der Waals surface area contributed by atoms with Gasteiger partial charge < -0.3 is 15.4 Å². The summed E-state index contributed by atoms with van der Waals surface area (Å²) in [6, 6.07) is 9.42. The number of rotatable bonds is 4. The van der Waals surface area contributed by atoms with Crippen LogP contribution in [0.1, 0.15) is 44.9 Å². The second-order valence-corrected chi connectivity index (χ2v) is 8.34. The molecule has 5 nitrogen and oxygen atoms in total. The number of hydrogen-bond donors (Lipinski definition) is 2. The maximum Gasteiger partial charge on any atom is 0.224 e. The van der Waals surface area contributed by atoms with Crippen molar-refractivity contribution in [3.63, 3.8) is 0 Å². The first-order valence-electron chi connectivity index (χ1n) is 10.3. The van der Waals surface area contributed by atoms with Gasteiger partial charge in [0.1, 0.15) is 5.75 Å². The fourth-order valence-corrected chi connectivity index (χ4v) is 5.12. The number of nitrogens with zero attached hydrogens (tertiary/aromatic N) is 1. The normalized spacial score (nSPS) is 32.5. The quantitative estimate of drug-likeness (QED) is 0.873. The van der Waals surface area contributed by atoms with Crippen LogP contribution in [0.15, 0.2) is 36.7 Å². The summed E-state index contributed by atoms with van der Waals surface area (Å²) < 4.78 is 6.31. The van der Waals surface area contributed by atoms with E-state index in [0.29, 0.717) is 18.1 Å². The predicted octanol–water partition coefficient (Wildman–Crippen LogP) is 3.18. The molecule has 1 amide bonds. The number of pyridine rings is 1. The average molecular weight is 365 g/mol. The molecule has 5 heteroatoms. The number of amides is 1. The molecule has 1 aromatic heterocycles. The minimum absolute atomic E-state index is 0.182. The number of hydrogen-bond acceptors (Lipinski definition) is 4. The van der Waals surface area contributed by atoms with Crippen LogP contribution in [0.4, 0.5) is 0 Å². The zero-order chi connectivity index (χ0) is 18.2. The van der Waals surface area contributed by atoms with Crippen molar-refractivity contribution in [3.8, 4) is 5.75 Å². The molecular weight excluding hydrogens is 338 g/mol. The van der Waals surface area contributed by atoms with Gasteiger partial charge >= 0.3 is 0 Å². The van der Waals surface area contributed by atoms with Gasteiger partial charge in [-0.25, -0.2) is 0 Å². The zero-order valence-electron chi connectivity index (χ0n) is 15.6. The molecule has 2 saturated heterocycles. The third kappa shape index (κ3) is 3.41. The Balaban J connectivity index is 1.15. The van der Waals surface area contributed by atoms with Gasteiger partial charge in [0.25, 0.3) is 0 Å². The monoisotopic (exact) mass is 365 g/mol. The molecule has 2 aromatic rings. The van der Waals surface area contributed by atoms with Crippen molar-refractivity contribution in [1.82, 2.24) is 15.6 Å². The third-order valence-corrected chi connectivity index (χ3v) is 6.59. The van der Waals surface area contributed by atoms with Gasteiger partial charge in [-0.05, 0) is 57.1 Å². The van der Waals surface area contributed by atoms with Gasteiger partial charge in [0.15, 0.2) is 0 Å². The van der Waals surface area contributed by atoms with Crippen LogP contribution in [0.2, 0.25) is 0 Å². The molecule has 5 rings (SSSR count). The maximum atomic E-state index is 12.6. The lowest BCUT2D eigenvalue weighted by molar-refractivity contribution is -0.126. The van der Waals surface area contributed by atoms with E-state index in [4.69, 9.17) is 4.74 Å². The number of nitrogens with one attached hydrogen (secondary N) is 2. The first kappa shape index (κ1) is 17.0. The smallest absolute Gasteiger partial charge is 0.224 e. The molecule has 3 fully saturated rings. The fraction of sp³-hybridized carbons (Fsp3) is 0.545. The lowest BCUT2D eigenvalue weighted by Gasteiger charge is -2.31. The van der Waals surface area contributed by atoms with Crippen LogP contribution in [0, 0.1) is 5.92 Å². The highest BCUT2D eigenvalue weighted by molar-refractivity contribution is 5.87. The second kappa shape index (κ2) is 7.12. The molecule has 0 radical (unpaired) electrons. The Kier molecular flexibility index (Phi) is 4.48. The van der Waals surface area contributed by atoms with Gasteiger partial charge in [-0.2, -0.15) is 0 Å². The van der Waals surface area contributed by atoms with E-state index in [-0.39, 0.29) is 17.9 Å². The van der Waals surface area contributed by atoms with Crippen molar-refractivity contribution in [2.45, 2.75) is 69.2 Å². The number of carbonyl (C=O) groups is 1. The van der Waals surface area contributed by atoms with Gasteiger partial charge in [-0.1, -0.05) is 12.1 Å². The summed E-state index contributed by atoms with van der Waals surface area (Å²) >= 11 is 0. The number of aromatic nitrogens is 1. The highest BCUT2D eigenvalue weighted by Crippen LogP contribution is 2.34. The molecule has 2 bridgehead atoms. The Morgan fingerprint density at radius 1 is 1.11 bits per heavy atom. The molecule has 3 heterocycles. The molecule has 3 aliphatic rings. The molecule has 1 aromatic carbocycles. The van der Waals surface area contributed by atoms with E-state index < -0.39 is 0 Å². The molecule has 0 unspecified atom stereocenters. The van der Waals surface area contributed by atoms with Crippen molar-refractivity contribution < 1.29 is 9.53 Å². The molecule has 1 saturated carbocycles. The van der Waals surface area contributed by atoms with E-state index in [1.54, 1.807) is 0 Å². The summed E-state index contributed by atoms with van der Waals surface area (Å²) in [5.74, 6) is 1.39. The van der Waals surface area contributed by atoms with Crippen LogP contribution in [-0.4, -0.2) is 35.1 Å². The van der Waals surface area contributed by atoms with E-state index in [2.05, 4.69) is 21.7 Å². The molecule has 27 heavy (non-hydrogen) atoms. The molecule has 142 valence electrons. The van der Waals surface area contributed by atoms with Crippen molar-refractivity contribution >= 4 is 16.7 Å². The van der Waals surface area contributed by atoms with E-state index in [9.17, 15) is 4.79 Å². The molecule has 2 N–H and O–H groups in total. The second-order valence-electron chi connectivity index (χ2n) is 8.34. The summed E-state index contributed by atoms with van der Waals surface area (Å²) in [6.07, 6.45) is 11.3. The molecule has 3 atom stereocenters. The van der Waals surface area contributed by atoms with Crippen LogP contribution in [0.5, 0.6) is 5.75 Å². The Hall–Kier alpha value is -2.14. The summed E-state index contributed by atoms with van der Waals surface area (Å²) in [4.78, 5) is 16.8. The van der Waals surface area contributed by atoms with Crippen molar-refractivity contribution in [2.75, 3.05) is 0 Å². The standard InChI is InChI=1S/C22H27N3O2/c26-22(19-12-16-6-9-20(19)24-16)25-15-4-7-17(8-5-15)27-21-3-1-2-14-13-23-11-10-18(14)21/h1-3,10-11,13,15-17,19-20,24H,4-9,12H2,(H,25,26)/t15?,16-,17?,19+,20+/m1/s1. The summed E-state index contributed by atoms with van der Waals surface area (Å²) in [5, 5.41) is 9.10. The highest BCUT2D eigenvalue weighted by Gasteiger charge is 2.43. The van der Waals surface area contributed by atoms with Gasteiger partial charge in [0.2, 0.25) is 5.91 Å². The minimum Gasteiger partial charge on any atom is -0.490 e. The number of benzene rings is 1. The number of fused-ring (bicyclic) bond motifs is 3. The maximum absolute atomic E-state index is 12.6. The zero-order valence-corrected chi connectivity index (χ0v) is 15.6. The van der Waals surface area contributed by atoms with E-state index in [0.717, 1.165) is 55.0 Å². The van der Waals surface area contributed by atoms with Crippen LogP contribution in [-0.2, 0) is 4.79 Å². The van der Waals surface area contributed by atoms with Gasteiger partial charge in [0.05, 0.1) is 12.0 Å². The van der Waals surface area contributed by atoms with E-state index in [1.807, 2.05) is 30.6 Å². The van der Waals surface area contributed by atoms with Crippen molar-refractivity contribution in [1.29, 1.82) is 0 Å². The SMILES string of the molecule is O=C(NC1CCC(Oc2cccc3cnccc23)CC1)[C@H]1C[C@H]2CC[C@@H]1N2. The van der Waals surface area contributed by atoms with E-state index in [1.165, 1.54) is 6.42 Å². The highest BCUT2D eigenvalue weighted by atomic mass is 16.5. The third-order valence-electron chi connectivity index (χ3n) is 6.59. The van der Waals surface area contributed by atoms with E-state index >= 15 is 0 Å². The number of ether oxygens (including phenoxy) is 1. The summed E-state index contributed by atoms with van der Waals surface area (Å²) in [7, 11) is 0. The molecule has 0 spiro atoms. The van der Waals surface area contributed by atoms with Crippen LogP contribution in [0.25, 0.3) is 10.8 Å². The Labute approximate surface area is 159 Å². The Morgan fingerprint density at radius 2 is 2.00 bits per heavy atom. The number of carbonyl (C=O) groups excluding carboxylic acids is 1. The predicted molar refractivity (Wildman–Crippen MR) is 105 cm³/mol. The Morgan fingerprint density at radius 3 is 2.78 bits per heavy atom. The average Bonchev–Trinajstić information content (AvgIpc) is 3.33. The fourth-order valence-electron chi connectivity index (χ4n) is 5.12. The van der Waals surface area contributed by atoms with Gasteiger partial charge in [-0.15, -0.1) is 0 Å². The van der Waals surface area contributed by atoms with Gasteiger partial charge in [-0.3, -0.25) is 9.78 Å². The topological polar surface area (TPSA) is 63.2 Å². The van der Waals surface area contributed by atoms with Crippen molar-refractivity contribution in [2.24, 2.45) is 5.92 Å². The summed E-state index contributed by atoms with van der Waals surface area (Å²) in [6.45, 7) is 0.